The molecule has 0 aliphatic heterocycles. The molecule has 6 nitrogen and oxygen atoms in total. The number of rotatable bonds is 10. The Morgan fingerprint density at radius 1 is 1.03 bits per heavy atom. The molecule has 2 heterocycles. The van der Waals surface area contributed by atoms with Gasteiger partial charge in [-0.05, 0) is 48.2 Å². The van der Waals surface area contributed by atoms with Gasteiger partial charge in [-0.15, -0.1) is 0 Å². The summed E-state index contributed by atoms with van der Waals surface area (Å²) in [5.74, 6) is 1.64. The molecule has 0 aliphatic carbocycles. The number of pyridine rings is 1. The van der Waals surface area contributed by atoms with Crippen LogP contribution in [0.3, 0.4) is 0 Å². The molecule has 0 radical (unpaired) electrons. The topological polar surface area (TPSA) is 71.0 Å². The molecule has 0 saturated heterocycles. The van der Waals surface area contributed by atoms with Gasteiger partial charge in [0.05, 0.1) is 0 Å². The monoisotopic (exact) mass is 435 g/mol. The van der Waals surface area contributed by atoms with Crippen molar-refractivity contribution in [2.75, 3.05) is 18.5 Å². The number of benzene rings is 1. The zero-order valence-corrected chi connectivity index (χ0v) is 19.2. The second-order valence-electron chi connectivity index (χ2n) is 7.30. The fraction of sp³-hybridized carbons (Fsp3) is 0.333. The number of carbonyl (C=O) groups is 1. The van der Waals surface area contributed by atoms with Gasteiger partial charge in [0.15, 0.2) is 5.16 Å². The van der Waals surface area contributed by atoms with E-state index < -0.39 is 0 Å². The second kappa shape index (κ2) is 11.5. The van der Waals surface area contributed by atoms with Crippen LogP contribution in [0.25, 0.3) is 0 Å². The number of carbonyl (C=O) groups excluding carboxylic acids is 1. The number of aromatic nitrogens is 3. The number of aryl methyl sites for hydroxylation is 1. The maximum absolute atomic E-state index is 12.4. The normalized spacial score (nSPS) is 10.7. The quantitative estimate of drug-likeness (QED) is 0.373. The molecule has 162 valence electrons. The Labute approximate surface area is 188 Å². The van der Waals surface area contributed by atoms with Gasteiger partial charge in [0.2, 0.25) is 0 Å². The van der Waals surface area contributed by atoms with Gasteiger partial charge in [0.1, 0.15) is 5.82 Å². The summed E-state index contributed by atoms with van der Waals surface area (Å²) in [6, 6.07) is 13.6. The van der Waals surface area contributed by atoms with E-state index in [1.165, 1.54) is 0 Å². The Bertz CT molecular complexity index is 979. The highest BCUT2D eigenvalue weighted by molar-refractivity contribution is 7.98. The summed E-state index contributed by atoms with van der Waals surface area (Å²) in [5, 5.41) is 3.72. The van der Waals surface area contributed by atoms with E-state index >= 15 is 0 Å². The average Bonchev–Trinajstić information content (AvgIpc) is 2.82. The van der Waals surface area contributed by atoms with Crippen LogP contribution in [0.1, 0.15) is 47.4 Å². The third-order valence-corrected chi connectivity index (χ3v) is 5.76. The van der Waals surface area contributed by atoms with E-state index in [-0.39, 0.29) is 5.91 Å². The summed E-state index contributed by atoms with van der Waals surface area (Å²) in [7, 11) is 2.07. The first-order valence-electron chi connectivity index (χ1n) is 10.6. The lowest BCUT2D eigenvalue weighted by atomic mass is 10.1. The number of amides is 1. The third-order valence-electron chi connectivity index (χ3n) is 4.84. The van der Waals surface area contributed by atoms with Crippen LogP contribution in [0.15, 0.2) is 60.0 Å². The van der Waals surface area contributed by atoms with Crippen LogP contribution in [-0.2, 0) is 18.7 Å². The van der Waals surface area contributed by atoms with Crippen LogP contribution in [0.5, 0.6) is 0 Å². The lowest BCUT2D eigenvalue weighted by molar-refractivity contribution is 0.0951. The zero-order chi connectivity index (χ0) is 22.1. The van der Waals surface area contributed by atoms with Crippen molar-refractivity contribution in [3.05, 3.63) is 77.2 Å². The first-order valence-corrected chi connectivity index (χ1v) is 11.6. The van der Waals surface area contributed by atoms with E-state index in [1.54, 1.807) is 24.2 Å². The lowest BCUT2D eigenvalue weighted by Gasteiger charge is -2.18. The van der Waals surface area contributed by atoms with Gasteiger partial charge in [-0.2, -0.15) is 0 Å². The van der Waals surface area contributed by atoms with E-state index in [4.69, 9.17) is 4.98 Å². The summed E-state index contributed by atoms with van der Waals surface area (Å²) < 4.78 is 0. The van der Waals surface area contributed by atoms with Crippen LogP contribution in [0.2, 0.25) is 0 Å². The van der Waals surface area contributed by atoms with E-state index in [0.29, 0.717) is 12.1 Å². The minimum Gasteiger partial charge on any atom is -0.360 e. The van der Waals surface area contributed by atoms with Gasteiger partial charge in [-0.1, -0.05) is 37.7 Å². The van der Waals surface area contributed by atoms with E-state index in [1.807, 2.05) is 36.4 Å². The maximum atomic E-state index is 12.4. The summed E-state index contributed by atoms with van der Waals surface area (Å²) in [5.41, 5.74) is 3.85. The number of hydrogen-bond donors (Lipinski definition) is 1. The summed E-state index contributed by atoms with van der Waals surface area (Å²) in [6.07, 6.45) is 5.40. The van der Waals surface area contributed by atoms with Gasteiger partial charge in [0, 0.05) is 55.6 Å². The predicted octanol–water partition coefficient (Wildman–Crippen LogP) is 4.50. The highest BCUT2D eigenvalue weighted by Gasteiger charge is 2.09. The molecular formula is C24H29N5OS. The Balaban J connectivity index is 1.58. The van der Waals surface area contributed by atoms with Crippen molar-refractivity contribution in [1.82, 2.24) is 20.3 Å². The van der Waals surface area contributed by atoms with Crippen molar-refractivity contribution >= 4 is 23.5 Å². The van der Waals surface area contributed by atoms with Crippen LogP contribution < -0.4 is 10.2 Å². The van der Waals surface area contributed by atoms with Crippen molar-refractivity contribution in [3.63, 3.8) is 0 Å². The summed E-state index contributed by atoms with van der Waals surface area (Å²) in [6.45, 7) is 5.73. The molecule has 0 atom stereocenters. The molecular weight excluding hydrogens is 406 g/mol. The van der Waals surface area contributed by atoms with Gasteiger partial charge in [-0.25, -0.2) is 9.97 Å². The average molecular weight is 436 g/mol. The molecule has 2 aromatic heterocycles. The van der Waals surface area contributed by atoms with Crippen LogP contribution >= 0.6 is 11.8 Å². The molecule has 3 rings (SSSR count). The summed E-state index contributed by atoms with van der Waals surface area (Å²) >= 11 is 1.62. The number of anilines is 1. The maximum Gasteiger partial charge on any atom is 0.251 e. The van der Waals surface area contributed by atoms with E-state index in [2.05, 4.69) is 47.1 Å². The van der Waals surface area contributed by atoms with E-state index in [0.717, 1.165) is 52.9 Å². The molecule has 1 aromatic carbocycles. The molecule has 0 unspecified atom stereocenters. The highest BCUT2D eigenvalue weighted by Crippen LogP contribution is 2.23. The third kappa shape index (κ3) is 6.79. The SMILES string of the molecule is CCCN(C)c1cc(CC)nc(SCc2ccc(C(=O)NCc3ccncc3)cc2)n1. The van der Waals surface area contributed by atoms with Gasteiger partial charge >= 0.3 is 0 Å². The molecule has 3 aromatic rings. The fourth-order valence-corrected chi connectivity index (χ4v) is 3.86. The lowest BCUT2D eigenvalue weighted by Crippen LogP contribution is -2.22. The molecule has 0 aliphatic rings. The fourth-order valence-electron chi connectivity index (χ4n) is 3.04. The largest absolute Gasteiger partial charge is 0.360 e. The predicted molar refractivity (Wildman–Crippen MR) is 126 cm³/mol. The smallest absolute Gasteiger partial charge is 0.251 e. The van der Waals surface area contributed by atoms with Gasteiger partial charge in [-0.3, -0.25) is 9.78 Å². The highest BCUT2D eigenvalue weighted by atomic mass is 32.2. The Morgan fingerprint density at radius 3 is 2.45 bits per heavy atom. The Hall–Kier alpha value is -2.93. The molecule has 7 heteroatoms. The first-order chi connectivity index (χ1) is 15.1. The molecule has 0 fully saturated rings. The van der Waals surface area contributed by atoms with Crippen LogP contribution in [0.4, 0.5) is 5.82 Å². The van der Waals surface area contributed by atoms with Gasteiger partial charge in [0.25, 0.3) is 5.91 Å². The molecule has 0 spiro atoms. The Kier molecular flexibility index (Phi) is 8.41. The van der Waals surface area contributed by atoms with E-state index in [9.17, 15) is 4.79 Å². The van der Waals surface area contributed by atoms with Gasteiger partial charge < -0.3 is 10.2 Å². The molecule has 1 N–H and O–H groups in total. The molecule has 31 heavy (non-hydrogen) atoms. The van der Waals surface area contributed by atoms with Crippen LogP contribution in [0, 0.1) is 0 Å². The number of nitrogens with zero attached hydrogens (tertiary/aromatic N) is 4. The molecule has 1 amide bonds. The summed E-state index contributed by atoms with van der Waals surface area (Å²) in [4.78, 5) is 27.9. The van der Waals surface area contributed by atoms with Crippen molar-refractivity contribution < 1.29 is 4.79 Å². The van der Waals surface area contributed by atoms with Crippen molar-refractivity contribution in [2.24, 2.45) is 0 Å². The molecule has 0 saturated carbocycles. The minimum absolute atomic E-state index is 0.0846. The molecule has 0 bridgehead atoms. The second-order valence-corrected chi connectivity index (χ2v) is 8.24. The minimum atomic E-state index is -0.0846. The Morgan fingerprint density at radius 2 is 1.77 bits per heavy atom. The van der Waals surface area contributed by atoms with Crippen molar-refractivity contribution in [1.29, 1.82) is 0 Å². The number of hydrogen-bond acceptors (Lipinski definition) is 6. The van der Waals surface area contributed by atoms with Crippen LogP contribution in [-0.4, -0.2) is 34.5 Å². The number of nitrogens with one attached hydrogen (secondary N) is 1. The van der Waals surface area contributed by atoms with Crippen molar-refractivity contribution in [3.8, 4) is 0 Å². The first kappa shape index (κ1) is 22.7. The standard InChI is InChI=1S/C24H29N5OS/c1-4-14-29(3)22-15-21(5-2)27-24(28-22)31-17-19-6-8-20(9-7-19)23(30)26-16-18-10-12-25-13-11-18/h6-13,15H,4-5,14,16-17H2,1-3H3,(H,26,30). The number of thioether (sulfide) groups is 1. The van der Waals surface area contributed by atoms with Crippen molar-refractivity contribution in [2.45, 2.75) is 44.1 Å². The zero-order valence-electron chi connectivity index (χ0n) is 18.3.